The summed E-state index contributed by atoms with van der Waals surface area (Å²) < 4.78 is -0.252. The third kappa shape index (κ3) is 0.872. The number of hydrogen-bond donors (Lipinski definition) is 1. The van der Waals surface area contributed by atoms with Crippen molar-refractivity contribution in [1.82, 2.24) is 0 Å². The van der Waals surface area contributed by atoms with Crippen LogP contribution >= 0.6 is 22.6 Å². The highest BCUT2D eigenvalue weighted by Gasteiger charge is 2.12. The standard InChI is InChI=1S/C2H2IN3O/c3-1-2(7)5-6-4-1/h1H,(H,4,5,7). The van der Waals surface area contributed by atoms with E-state index in [0.717, 1.165) is 0 Å². The zero-order valence-corrected chi connectivity index (χ0v) is 5.40. The van der Waals surface area contributed by atoms with Crippen LogP contribution < -0.4 is 0 Å². The molecule has 7 heavy (non-hydrogen) atoms. The third-order valence-electron chi connectivity index (χ3n) is 0.513. The lowest BCUT2D eigenvalue weighted by Gasteiger charge is -1.86. The molecule has 0 aromatic carbocycles. The number of aliphatic hydroxyl groups excluding tert-OH is 1. The molecule has 0 spiro atoms. The molecule has 1 atom stereocenters. The molecule has 1 unspecified atom stereocenters. The highest BCUT2D eigenvalue weighted by atomic mass is 127. The van der Waals surface area contributed by atoms with Crippen molar-refractivity contribution in [2.45, 2.75) is 4.05 Å². The fourth-order valence-corrected chi connectivity index (χ4v) is 0.452. The van der Waals surface area contributed by atoms with E-state index in [0.29, 0.717) is 0 Å². The van der Waals surface area contributed by atoms with Crippen LogP contribution in [-0.2, 0) is 0 Å². The average Bonchev–Trinajstić information content (AvgIpc) is 1.91. The van der Waals surface area contributed by atoms with Crippen molar-refractivity contribution in [3.63, 3.8) is 0 Å². The summed E-state index contributed by atoms with van der Waals surface area (Å²) in [5.74, 6) is -0.0133. The normalized spacial score (nSPS) is 28.1. The number of alkyl halides is 1. The van der Waals surface area contributed by atoms with Gasteiger partial charge in [0, 0.05) is 0 Å². The van der Waals surface area contributed by atoms with E-state index in [1.54, 1.807) is 0 Å². The number of halogens is 1. The first kappa shape index (κ1) is 4.95. The predicted octanol–water partition coefficient (Wildman–Crippen LogP) is 1.08. The van der Waals surface area contributed by atoms with Crippen LogP contribution in [-0.4, -0.2) is 15.1 Å². The lowest BCUT2D eigenvalue weighted by atomic mass is 10.7. The van der Waals surface area contributed by atoms with Crippen molar-refractivity contribution >= 4 is 28.5 Å². The van der Waals surface area contributed by atoms with E-state index in [-0.39, 0.29) is 9.95 Å². The molecule has 0 aliphatic carbocycles. The molecule has 1 heterocycles. The molecule has 0 saturated carbocycles. The Morgan fingerprint density at radius 2 is 2.43 bits per heavy atom. The van der Waals surface area contributed by atoms with Crippen molar-refractivity contribution in [1.29, 1.82) is 0 Å². The minimum absolute atomic E-state index is 0.0133. The summed E-state index contributed by atoms with van der Waals surface area (Å²) in [5.41, 5.74) is 0. The molecule has 0 bridgehead atoms. The molecule has 38 valence electrons. The van der Waals surface area contributed by atoms with Gasteiger partial charge in [-0.15, -0.1) is 5.11 Å². The summed E-state index contributed by atoms with van der Waals surface area (Å²) in [4.78, 5) is 0. The summed E-state index contributed by atoms with van der Waals surface area (Å²) >= 11 is 1.92. The minimum atomic E-state index is -0.252. The number of rotatable bonds is 0. The van der Waals surface area contributed by atoms with Crippen molar-refractivity contribution < 1.29 is 5.11 Å². The molecular weight excluding hydrogens is 209 g/mol. The Balaban J connectivity index is 2.69. The molecule has 1 rings (SSSR count). The lowest BCUT2D eigenvalue weighted by Crippen LogP contribution is -2.04. The van der Waals surface area contributed by atoms with Crippen LogP contribution in [0, 0.1) is 0 Å². The Morgan fingerprint density at radius 1 is 1.71 bits per heavy atom. The maximum Gasteiger partial charge on any atom is 0.245 e. The van der Waals surface area contributed by atoms with Gasteiger partial charge in [0.15, 0.2) is 0 Å². The SMILES string of the molecule is OC1=NN=NC1I. The first-order valence-electron chi connectivity index (χ1n) is 1.61. The van der Waals surface area contributed by atoms with Gasteiger partial charge in [0.1, 0.15) is 0 Å². The maximum absolute atomic E-state index is 8.55. The van der Waals surface area contributed by atoms with Gasteiger partial charge in [-0.3, -0.25) is 0 Å². The molecule has 1 N–H and O–H groups in total. The second kappa shape index (κ2) is 1.73. The summed E-state index contributed by atoms with van der Waals surface area (Å²) in [6, 6.07) is 0. The monoisotopic (exact) mass is 211 g/mol. The van der Waals surface area contributed by atoms with E-state index in [4.69, 9.17) is 5.11 Å². The van der Waals surface area contributed by atoms with Crippen LogP contribution in [0.2, 0.25) is 0 Å². The van der Waals surface area contributed by atoms with Crippen molar-refractivity contribution in [2.24, 2.45) is 15.4 Å². The summed E-state index contributed by atoms with van der Waals surface area (Å²) in [6.45, 7) is 0. The van der Waals surface area contributed by atoms with Crippen LogP contribution in [0.1, 0.15) is 0 Å². The predicted molar refractivity (Wildman–Crippen MR) is 32.7 cm³/mol. The fraction of sp³-hybridized carbons (Fsp3) is 0.500. The Hall–Kier alpha value is -0.200. The molecule has 1 aliphatic heterocycles. The Labute approximate surface area is 53.5 Å². The lowest BCUT2D eigenvalue weighted by molar-refractivity contribution is 0.542. The molecular formula is C2H2IN3O. The second-order valence-electron chi connectivity index (χ2n) is 0.999. The van der Waals surface area contributed by atoms with Crippen molar-refractivity contribution in [3.8, 4) is 0 Å². The average molecular weight is 211 g/mol. The molecule has 0 radical (unpaired) electrons. The Kier molecular flexibility index (Phi) is 1.22. The molecule has 0 aromatic heterocycles. The number of aliphatic hydroxyl groups is 1. The fourth-order valence-electron chi connectivity index (χ4n) is 0.216. The molecule has 0 aromatic rings. The second-order valence-corrected chi connectivity index (χ2v) is 2.18. The van der Waals surface area contributed by atoms with Crippen molar-refractivity contribution in [2.75, 3.05) is 0 Å². The van der Waals surface area contributed by atoms with Gasteiger partial charge in [-0.05, 0) is 27.8 Å². The van der Waals surface area contributed by atoms with Crippen LogP contribution in [0.15, 0.2) is 15.4 Å². The summed E-state index contributed by atoms with van der Waals surface area (Å²) in [5, 5.41) is 18.5. The molecule has 4 nitrogen and oxygen atoms in total. The smallest absolute Gasteiger partial charge is 0.245 e. The van der Waals surface area contributed by atoms with Crippen LogP contribution in [0.25, 0.3) is 0 Å². The molecule has 1 aliphatic rings. The number of nitrogens with zero attached hydrogens (tertiary/aromatic N) is 3. The Bertz CT molecular complexity index is 131. The zero-order valence-electron chi connectivity index (χ0n) is 3.24. The zero-order chi connectivity index (χ0) is 5.28. The number of hydrogen-bond acceptors (Lipinski definition) is 3. The molecule has 0 saturated heterocycles. The van der Waals surface area contributed by atoms with E-state index in [2.05, 4.69) is 15.4 Å². The van der Waals surface area contributed by atoms with Crippen LogP contribution in [0.5, 0.6) is 0 Å². The van der Waals surface area contributed by atoms with Gasteiger partial charge in [0.05, 0.1) is 0 Å². The highest BCUT2D eigenvalue weighted by molar-refractivity contribution is 14.1. The van der Waals surface area contributed by atoms with Gasteiger partial charge in [-0.2, -0.15) is 0 Å². The van der Waals surface area contributed by atoms with Gasteiger partial charge in [0.25, 0.3) is 0 Å². The van der Waals surface area contributed by atoms with E-state index in [9.17, 15) is 0 Å². The van der Waals surface area contributed by atoms with Gasteiger partial charge < -0.3 is 5.11 Å². The van der Waals surface area contributed by atoms with E-state index in [1.165, 1.54) is 0 Å². The molecule has 0 amide bonds. The highest BCUT2D eigenvalue weighted by Crippen LogP contribution is 2.09. The molecule has 5 heteroatoms. The first-order valence-corrected chi connectivity index (χ1v) is 2.86. The Morgan fingerprint density at radius 3 is 2.57 bits per heavy atom. The third-order valence-corrected chi connectivity index (χ3v) is 1.32. The minimum Gasteiger partial charge on any atom is -0.493 e. The van der Waals surface area contributed by atoms with Gasteiger partial charge in [-0.25, -0.2) is 0 Å². The van der Waals surface area contributed by atoms with E-state index < -0.39 is 0 Å². The van der Waals surface area contributed by atoms with Crippen LogP contribution in [0.3, 0.4) is 0 Å². The maximum atomic E-state index is 8.55. The van der Waals surface area contributed by atoms with Crippen LogP contribution in [0.4, 0.5) is 0 Å². The largest absolute Gasteiger partial charge is 0.493 e. The van der Waals surface area contributed by atoms with Gasteiger partial charge in [-0.1, -0.05) is 5.10 Å². The van der Waals surface area contributed by atoms with Crippen molar-refractivity contribution in [3.05, 3.63) is 0 Å². The van der Waals surface area contributed by atoms with E-state index in [1.807, 2.05) is 22.6 Å². The summed E-state index contributed by atoms with van der Waals surface area (Å²) in [6.07, 6.45) is 0. The first-order chi connectivity index (χ1) is 3.30. The quantitative estimate of drug-likeness (QED) is 0.363. The summed E-state index contributed by atoms with van der Waals surface area (Å²) in [7, 11) is 0. The van der Waals surface area contributed by atoms with Gasteiger partial charge >= 0.3 is 0 Å². The molecule has 0 fully saturated rings. The van der Waals surface area contributed by atoms with E-state index >= 15 is 0 Å². The van der Waals surface area contributed by atoms with Gasteiger partial charge in [0.2, 0.25) is 9.95 Å². The topological polar surface area (TPSA) is 57.3 Å².